The molecule has 0 atom stereocenters. The van der Waals surface area contributed by atoms with Gasteiger partial charge in [0, 0.05) is 50.4 Å². The lowest BCUT2D eigenvalue weighted by Crippen LogP contribution is -2.48. The molecule has 2 fully saturated rings. The lowest BCUT2D eigenvalue weighted by molar-refractivity contribution is 0.271. The molecule has 0 unspecified atom stereocenters. The van der Waals surface area contributed by atoms with Crippen LogP contribution in [0.1, 0.15) is 25.7 Å². The minimum Gasteiger partial charge on any atom is -0.367 e. The van der Waals surface area contributed by atoms with Crippen molar-refractivity contribution in [3.8, 4) is 0 Å². The predicted molar refractivity (Wildman–Crippen MR) is 114 cm³/mol. The molecule has 1 aliphatic carbocycles. The van der Waals surface area contributed by atoms with Crippen molar-refractivity contribution in [3.63, 3.8) is 0 Å². The van der Waals surface area contributed by atoms with E-state index in [1.165, 1.54) is 31.9 Å². The molecule has 152 valence electrons. The number of fused-ring (bicyclic) bond motifs is 1. The number of hydrogen-bond acceptors (Lipinski definition) is 7. The molecular weight excluding hydrogens is 374 g/mol. The predicted octanol–water partition coefficient (Wildman–Crippen LogP) is 2.15. The maximum atomic E-state index is 11.4. The molecule has 0 spiro atoms. The van der Waals surface area contributed by atoms with E-state index in [9.17, 15) is 8.42 Å². The van der Waals surface area contributed by atoms with Crippen LogP contribution in [0, 0.1) is 0 Å². The fraction of sp³-hybridized carbons (Fsp3) is 0.600. The van der Waals surface area contributed by atoms with Crippen molar-refractivity contribution < 1.29 is 8.42 Å². The Labute approximate surface area is 167 Å². The molecular formula is C20H29N5O2S. The number of sulfone groups is 1. The second-order valence-corrected chi connectivity index (χ2v) is 10.2. The van der Waals surface area contributed by atoms with Crippen LogP contribution in [0.25, 0.3) is 10.9 Å². The third kappa shape index (κ3) is 4.72. The highest BCUT2D eigenvalue weighted by Gasteiger charge is 2.22. The fourth-order valence-electron chi connectivity index (χ4n) is 4.05. The van der Waals surface area contributed by atoms with Crippen molar-refractivity contribution in [1.29, 1.82) is 0 Å². The number of piperazine rings is 1. The second kappa shape index (κ2) is 8.21. The van der Waals surface area contributed by atoms with Crippen LogP contribution in [0.3, 0.4) is 0 Å². The van der Waals surface area contributed by atoms with Gasteiger partial charge in [-0.15, -0.1) is 0 Å². The molecule has 1 aromatic heterocycles. The molecule has 0 amide bonds. The molecule has 2 aromatic rings. The van der Waals surface area contributed by atoms with Crippen LogP contribution >= 0.6 is 0 Å². The Morgan fingerprint density at radius 2 is 1.79 bits per heavy atom. The summed E-state index contributed by atoms with van der Waals surface area (Å²) in [5.41, 5.74) is 0.965. The summed E-state index contributed by atoms with van der Waals surface area (Å²) in [6.45, 7) is 3.88. The minimum atomic E-state index is -2.92. The molecule has 0 bridgehead atoms. The van der Waals surface area contributed by atoms with Crippen LogP contribution < -0.4 is 10.2 Å². The maximum Gasteiger partial charge on any atom is 0.227 e. The lowest BCUT2D eigenvalue weighted by Gasteiger charge is -2.34. The Kier molecular flexibility index (Phi) is 5.68. The molecule has 1 aromatic carbocycles. The molecule has 7 nitrogen and oxygen atoms in total. The molecule has 8 heteroatoms. The Morgan fingerprint density at radius 1 is 1.07 bits per heavy atom. The Bertz CT molecular complexity index is 919. The van der Waals surface area contributed by atoms with Crippen LogP contribution in [0.4, 0.5) is 11.8 Å². The van der Waals surface area contributed by atoms with Gasteiger partial charge in [-0.1, -0.05) is 25.0 Å². The first-order valence-corrected chi connectivity index (χ1v) is 12.2. The van der Waals surface area contributed by atoms with Gasteiger partial charge in [-0.3, -0.25) is 4.90 Å². The van der Waals surface area contributed by atoms with E-state index in [0.717, 1.165) is 48.8 Å². The monoisotopic (exact) mass is 403 g/mol. The number of nitrogens with zero attached hydrogens (tertiary/aromatic N) is 4. The van der Waals surface area contributed by atoms with Gasteiger partial charge in [0.25, 0.3) is 0 Å². The third-order valence-electron chi connectivity index (χ3n) is 5.72. The Morgan fingerprint density at radius 3 is 2.50 bits per heavy atom. The van der Waals surface area contributed by atoms with Gasteiger partial charge in [0.15, 0.2) is 0 Å². The molecule has 4 rings (SSSR count). The van der Waals surface area contributed by atoms with E-state index in [2.05, 4.69) is 21.2 Å². The van der Waals surface area contributed by atoms with Crippen molar-refractivity contribution in [2.45, 2.75) is 31.7 Å². The highest BCUT2D eigenvalue weighted by Crippen LogP contribution is 2.28. The number of rotatable bonds is 6. The number of benzene rings is 1. The number of para-hydroxylation sites is 1. The average Bonchev–Trinajstić information content (AvgIpc) is 3.19. The summed E-state index contributed by atoms with van der Waals surface area (Å²) in [6.07, 6.45) is 6.26. The van der Waals surface area contributed by atoms with Gasteiger partial charge in [-0.2, -0.15) is 4.98 Å². The molecule has 1 saturated carbocycles. The van der Waals surface area contributed by atoms with Gasteiger partial charge in [0.05, 0.1) is 11.3 Å². The van der Waals surface area contributed by atoms with E-state index < -0.39 is 9.84 Å². The number of hydrogen-bond donors (Lipinski definition) is 1. The largest absolute Gasteiger partial charge is 0.367 e. The van der Waals surface area contributed by atoms with Gasteiger partial charge < -0.3 is 10.2 Å². The second-order valence-electron chi connectivity index (χ2n) is 7.97. The number of aromatic nitrogens is 2. The third-order valence-corrected chi connectivity index (χ3v) is 6.65. The summed E-state index contributed by atoms with van der Waals surface area (Å²) in [7, 11) is -2.92. The first kappa shape index (κ1) is 19.4. The molecule has 2 heterocycles. The molecule has 1 saturated heterocycles. The number of anilines is 2. The van der Waals surface area contributed by atoms with E-state index >= 15 is 0 Å². The average molecular weight is 404 g/mol. The van der Waals surface area contributed by atoms with E-state index in [4.69, 9.17) is 9.97 Å². The molecule has 2 aliphatic rings. The van der Waals surface area contributed by atoms with Gasteiger partial charge in [-0.25, -0.2) is 13.4 Å². The lowest BCUT2D eigenvalue weighted by atomic mass is 10.2. The van der Waals surface area contributed by atoms with Crippen molar-refractivity contribution in [2.75, 3.05) is 54.9 Å². The highest BCUT2D eigenvalue weighted by molar-refractivity contribution is 7.90. The van der Waals surface area contributed by atoms with Gasteiger partial charge >= 0.3 is 0 Å². The standard InChI is InChI=1S/C20H29N5O2S/c1-28(26,27)15-14-24-10-12-25(13-11-24)20-22-18-9-5-4-8-17(18)19(23-20)21-16-6-2-3-7-16/h4-5,8-9,16H,2-3,6-7,10-15H2,1H3,(H,21,22,23). The van der Waals surface area contributed by atoms with Crippen molar-refractivity contribution in [3.05, 3.63) is 24.3 Å². The van der Waals surface area contributed by atoms with Gasteiger partial charge in [0.2, 0.25) is 5.95 Å². The fourth-order valence-corrected chi connectivity index (χ4v) is 4.64. The van der Waals surface area contributed by atoms with Crippen molar-refractivity contribution >= 4 is 32.5 Å². The van der Waals surface area contributed by atoms with E-state index in [-0.39, 0.29) is 5.75 Å². The summed E-state index contributed by atoms with van der Waals surface area (Å²) in [6, 6.07) is 8.68. The van der Waals surface area contributed by atoms with Crippen LogP contribution in [-0.2, 0) is 9.84 Å². The highest BCUT2D eigenvalue weighted by atomic mass is 32.2. The summed E-state index contributed by atoms with van der Waals surface area (Å²) >= 11 is 0. The molecule has 1 N–H and O–H groups in total. The minimum absolute atomic E-state index is 0.217. The molecule has 0 radical (unpaired) electrons. The SMILES string of the molecule is CS(=O)(=O)CCN1CCN(c2nc(NC3CCCC3)c3ccccc3n2)CC1. The first-order chi connectivity index (χ1) is 13.5. The zero-order valence-corrected chi connectivity index (χ0v) is 17.3. The smallest absolute Gasteiger partial charge is 0.227 e. The topological polar surface area (TPSA) is 78.4 Å². The molecule has 1 aliphatic heterocycles. The van der Waals surface area contributed by atoms with E-state index in [1.54, 1.807) is 0 Å². The number of nitrogens with one attached hydrogen (secondary N) is 1. The van der Waals surface area contributed by atoms with Gasteiger partial charge in [-0.05, 0) is 25.0 Å². The van der Waals surface area contributed by atoms with Crippen LogP contribution in [0.5, 0.6) is 0 Å². The normalized spacial score (nSPS) is 19.4. The van der Waals surface area contributed by atoms with Crippen LogP contribution in [-0.4, -0.2) is 74.1 Å². The molecule has 28 heavy (non-hydrogen) atoms. The first-order valence-electron chi connectivity index (χ1n) is 10.2. The summed E-state index contributed by atoms with van der Waals surface area (Å²) in [4.78, 5) is 14.1. The van der Waals surface area contributed by atoms with Crippen LogP contribution in [0.2, 0.25) is 0 Å². The zero-order chi connectivity index (χ0) is 19.6. The van der Waals surface area contributed by atoms with Crippen LogP contribution in [0.15, 0.2) is 24.3 Å². The Hall–Kier alpha value is -1.93. The quantitative estimate of drug-likeness (QED) is 0.792. The van der Waals surface area contributed by atoms with Gasteiger partial charge in [0.1, 0.15) is 15.7 Å². The van der Waals surface area contributed by atoms with E-state index in [1.807, 2.05) is 18.2 Å². The van der Waals surface area contributed by atoms with Crippen molar-refractivity contribution in [1.82, 2.24) is 14.9 Å². The maximum absolute atomic E-state index is 11.4. The summed E-state index contributed by atoms with van der Waals surface area (Å²) in [5.74, 6) is 1.92. The van der Waals surface area contributed by atoms with Crippen molar-refractivity contribution in [2.24, 2.45) is 0 Å². The summed E-state index contributed by atoms with van der Waals surface area (Å²) in [5, 5.41) is 4.73. The summed E-state index contributed by atoms with van der Waals surface area (Å²) < 4.78 is 22.8. The van der Waals surface area contributed by atoms with E-state index in [0.29, 0.717) is 12.6 Å². The Balaban J connectivity index is 1.49. The zero-order valence-electron chi connectivity index (χ0n) is 16.5.